The van der Waals surface area contributed by atoms with Gasteiger partial charge in [0.1, 0.15) is 5.75 Å². The number of carbonyl (C=O) groups excluding carboxylic acids is 1. The van der Waals surface area contributed by atoms with Crippen molar-refractivity contribution in [1.29, 1.82) is 5.26 Å². The summed E-state index contributed by atoms with van der Waals surface area (Å²) in [5, 5.41) is 8.79. The predicted octanol–water partition coefficient (Wildman–Crippen LogP) is 2.91. The molecule has 0 saturated heterocycles. The summed E-state index contributed by atoms with van der Waals surface area (Å²) in [7, 11) is -3.58. The lowest BCUT2D eigenvalue weighted by Crippen LogP contribution is -2.36. The van der Waals surface area contributed by atoms with Gasteiger partial charge in [0.15, 0.2) is 9.84 Å². The van der Waals surface area contributed by atoms with Gasteiger partial charge >= 0.3 is 0 Å². The third-order valence-corrected chi connectivity index (χ3v) is 5.34. The van der Waals surface area contributed by atoms with Crippen molar-refractivity contribution >= 4 is 15.7 Å². The molecule has 2 rings (SSSR count). The van der Waals surface area contributed by atoms with Crippen molar-refractivity contribution in [1.82, 2.24) is 4.90 Å². The lowest BCUT2D eigenvalue weighted by molar-refractivity contribution is -0.129. The first-order valence-corrected chi connectivity index (χ1v) is 10.3. The van der Waals surface area contributed by atoms with Crippen LogP contribution >= 0.6 is 0 Å². The highest BCUT2D eigenvalue weighted by atomic mass is 32.2. The standard InChI is InChI=1S/C20H22N2O3S/c1-2-12-22(14-18-6-4-3-5-7-18)20(23)16-26(24,25)15-19-10-8-17(13-21)9-11-19/h3-11H,2,12,14-16H2,1H3. The summed E-state index contributed by atoms with van der Waals surface area (Å²) < 4.78 is 24.8. The van der Waals surface area contributed by atoms with E-state index in [1.54, 1.807) is 29.2 Å². The highest BCUT2D eigenvalue weighted by Gasteiger charge is 2.22. The normalized spacial score (nSPS) is 10.9. The zero-order chi connectivity index (χ0) is 19.0. The second-order valence-electron chi connectivity index (χ2n) is 6.14. The zero-order valence-corrected chi connectivity index (χ0v) is 15.6. The number of nitrogens with zero attached hydrogens (tertiary/aromatic N) is 2. The highest BCUT2D eigenvalue weighted by molar-refractivity contribution is 7.91. The number of hydrogen-bond acceptors (Lipinski definition) is 4. The minimum absolute atomic E-state index is 0.213. The van der Waals surface area contributed by atoms with Gasteiger partial charge in [-0.3, -0.25) is 4.79 Å². The number of nitriles is 1. The maximum absolute atomic E-state index is 12.5. The summed E-state index contributed by atoms with van der Waals surface area (Å²) >= 11 is 0. The van der Waals surface area contributed by atoms with Crippen LogP contribution in [0.3, 0.4) is 0 Å². The summed E-state index contributed by atoms with van der Waals surface area (Å²) in [4.78, 5) is 14.1. The van der Waals surface area contributed by atoms with Crippen LogP contribution in [-0.2, 0) is 26.9 Å². The number of carbonyl (C=O) groups is 1. The maximum atomic E-state index is 12.5. The van der Waals surface area contributed by atoms with E-state index in [1.165, 1.54) is 0 Å². The Hall–Kier alpha value is -2.65. The molecular weight excluding hydrogens is 348 g/mol. The molecule has 0 heterocycles. The van der Waals surface area contributed by atoms with Crippen LogP contribution in [-0.4, -0.2) is 31.5 Å². The Kier molecular flexibility index (Phi) is 6.93. The van der Waals surface area contributed by atoms with Gasteiger partial charge in [0, 0.05) is 13.1 Å². The highest BCUT2D eigenvalue weighted by Crippen LogP contribution is 2.11. The van der Waals surface area contributed by atoms with Gasteiger partial charge in [0.2, 0.25) is 5.91 Å². The van der Waals surface area contributed by atoms with E-state index in [4.69, 9.17) is 5.26 Å². The molecule has 2 aromatic rings. The van der Waals surface area contributed by atoms with Gasteiger partial charge in [0.25, 0.3) is 0 Å². The number of rotatable bonds is 8. The quantitative estimate of drug-likeness (QED) is 0.716. The van der Waals surface area contributed by atoms with Crippen LogP contribution in [0.4, 0.5) is 0 Å². The van der Waals surface area contributed by atoms with Crippen molar-refractivity contribution < 1.29 is 13.2 Å². The number of benzene rings is 2. The fourth-order valence-corrected chi connectivity index (χ4v) is 3.99. The molecule has 0 aromatic heterocycles. The fourth-order valence-electron chi connectivity index (χ4n) is 2.63. The smallest absolute Gasteiger partial charge is 0.238 e. The van der Waals surface area contributed by atoms with Crippen LogP contribution in [0.25, 0.3) is 0 Å². The molecule has 6 heteroatoms. The molecule has 0 aliphatic heterocycles. The van der Waals surface area contributed by atoms with E-state index < -0.39 is 15.6 Å². The van der Waals surface area contributed by atoms with Crippen molar-refractivity contribution in [3.05, 3.63) is 71.3 Å². The molecule has 5 nitrogen and oxygen atoms in total. The lowest BCUT2D eigenvalue weighted by Gasteiger charge is -2.22. The Morgan fingerprint density at radius 2 is 1.69 bits per heavy atom. The van der Waals surface area contributed by atoms with Gasteiger partial charge in [0.05, 0.1) is 17.4 Å². The summed E-state index contributed by atoms with van der Waals surface area (Å²) in [6.45, 7) is 2.87. The molecule has 0 saturated carbocycles. The van der Waals surface area contributed by atoms with Gasteiger partial charge in [-0.25, -0.2) is 8.42 Å². The molecule has 0 radical (unpaired) electrons. The molecule has 0 aliphatic rings. The van der Waals surface area contributed by atoms with Crippen molar-refractivity contribution in [2.24, 2.45) is 0 Å². The van der Waals surface area contributed by atoms with Crippen molar-refractivity contribution in [3.8, 4) is 6.07 Å². The van der Waals surface area contributed by atoms with Crippen LogP contribution < -0.4 is 0 Å². The fraction of sp³-hybridized carbons (Fsp3) is 0.300. The molecule has 0 spiro atoms. The monoisotopic (exact) mass is 370 g/mol. The van der Waals surface area contributed by atoms with E-state index >= 15 is 0 Å². The van der Waals surface area contributed by atoms with Crippen molar-refractivity contribution in [2.45, 2.75) is 25.6 Å². The van der Waals surface area contributed by atoms with Gasteiger partial charge in [-0.05, 0) is 29.7 Å². The van der Waals surface area contributed by atoms with E-state index in [0.29, 0.717) is 24.2 Å². The molecule has 0 unspecified atom stereocenters. The number of amides is 1. The minimum atomic E-state index is -3.58. The third kappa shape index (κ3) is 6.01. The van der Waals surface area contributed by atoms with Crippen LogP contribution in [0.2, 0.25) is 0 Å². The molecule has 0 atom stereocenters. The molecule has 136 valence electrons. The van der Waals surface area contributed by atoms with Crippen molar-refractivity contribution in [3.63, 3.8) is 0 Å². The van der Waals surface area contributed by atoms with Crippen molar-refractivity contribution in [2.75, 3.05) is 12.3 Å². The molecule has 26 heavy (non-hydrogen) atoms. The summed E-state index contributed by atoms with van der Waals surface area (Å²) in [5.74, 6) is -1.11. The van der Waals surface area contributed by atoms with Gasteiger partial charge in [-0.15, -0.1) is 0 Å². The maximum Gasteiger partial charge on any atom is 0.238 e. The average Bonchev–Trinajstić information content (AvgIpc) is 2.62. The topological polar surface area (TPSA) is 78.2 Å². The first kappa shape index (κ1) is 19.7. The first-order chi connectivity index (χ1) is 12.4. The molecule has 0 N–H and O–H groups in total. The second kappa shape index (κ2) is 9.16. The molecule has 0 fully saturated rings. The predicted molar refractivity (Wildman–Crippen MR) is 101 cm³/mol. The summed E-state index contributed by atoms with van der Waals surface area (Å²) in [6, 6.07) is 17.9. The minimum Gasteiger partial charge on any atom is -0.338 e. The van der Waals surface area contributed by atoms with Crippen LogP contribution in [0.1, 0.15) is 30.0 Å². The van der Waals surface area contributed by atoms with Gasteiger partial charge in [-0.1, -0.05) is 49.4 Å². The second-order valence-corrected chi connectivity index (χ2v) is 8.21. The molecule has 0 aliphatic carbocycles. The lowest BCUT2D eigenvalue weighted by atomic mass is 10.2. The Morgan fingerprint density at radius 3 is 2.27 bits per heavy atom. The SMILES string of the molecule is CCCN(Cc1ccccc1)C(=O)CS(=O)(=O)Cc1ccc(C#N)cc1. The van der Waals surface area contributed by atoms with Crippen LogP contribution in [0, 0.1) is 11.3 Å². The van der Waals surface area contributed by atoms with E-state index in [0.717, 1.165) is 12.0 Å². The van der Waals surface area contributed by atoms with Crippen LogP contribution in [0.5, 0.6) is 0 Å². The molecule has 2 aromatic carbocycles. The number of sulfone groups is 1. The van der Waals surface area contributed by atoms with Crippen LogP contribution in [0.15, 0.2) is 54.6 Å². The van der Waals surface area contributed by atoms with E-state index in [2.05, 4.69) is 0 Å². The Bertz CT molecular complexity index is 870. The van der Waals surface area contributed by atoms with E-state index in [-0.39, 0.29) is 11.7 Å². The third-order valence-electron chi connectivity index (χ3n) is 3.88. The molecular formula is C20H22N2O3S. The average molecular weight is 370 g/mol. The summed E-state index contributed by atoms with van der Waals surface area (Å²) in [6.07, 6.45) is 0.758. The largest absolute Gasteiger partial charge is 0.338 e. The van der Waals surface area contributed by atoms with Gasteiger partial charge < -0.3 is 4.90 Å². The zero-order valence-electron chi connectivity index (χ0n) is 14.8. The van der Waals surface area contributed by atoms with E-state index in [9.17, 15) is 13.2 Å². The van der Waals surface area contributed by atoms with Gasteiger partial charge in [-0.2, -0.15) is 5.26 Å². The molecule has 1 amide bonds. The van der Waals surface area contributed by atoms with E-state index in [1.807, 2.05) is 43.3 Å². The Balaban J connectivity index is 2.04. The summed E-state index contributed by atoms with van der Waals surface area (Å²) in [5.41, 5.74) is 2.01. The molecule has 0 bridgehead atoms. The first-order valence-electron chi connectivity index (χ1n) is 8.44. The number of hydrogen-bond donors (Lipinski definition) is 0. The Morgan fingerprint density at radius 1 is 1.04 bits per heavy atom. The Labute approximate surface area is 154 Å².